The van der Waals surface area contributed by atoms with Crippen LogP contribution in [0.25, 0.3) is 10.8 Å². The average Bonchev–Trinajstić information content (AvgIpc) is 3.21. The van der Waals surface area contributed by atoms with Crippen molar-refractivity contribution in [1.29, 1.82) is 0 Å². The Morgan fingerprint density at radius 3 is 2.47 bits per heavy atom. The van der Waals surface area contributed by atoms with Gasteiger partial charge in [0.15, 0.2) is 5.69 Å². The third-order valence-electron chi connectivity index (χ3n) is 5.02. The fraction of sp³-hybridized carbons (Fsp3) is 0.263. The van der Waals surface area contributed by atoms with E-state index in [-0.39, 0.29) is 34.8 Å². The van der Waals surface area contributed by atoms with Crippen LogP contribution in [0.3, 0.4) is 0 Å². The van der Waals surface area contributed by atoms with Gasteiger partial charge in [-0.3, -0.25) is 25.2 Å². The Kier molecular flexibility index (Phi) is 5.78. The van der Waals surface area contributed by atoms with Gasteiger partial charge in [0.05, 0.1) is 18.6 Å². The molecule has 3 heterocycles. The van der Waals surface area contributed by atoms with E-state index in [2.05, 4.69) is 21.0 Å². The number of aromatic nitrogens is 3. The number of rotatable bonds is 4. The molecular formula is C19H20N6O6S. The third kappa shape index (κ3) is 4.00. The summed E-state index contributed by atoms with van der Waals surface area (Å²) in [4.78, 5) is 36.9. The summed E-state index contributed by atoms with van der Waals surface area (Å²) >= 11 is 0. The number of hydrazine groups is 1. The summed E-state index contributed by atoms with van der Waals surface area (Å²) in [5, 5.41) is 6.60. The van der Waals surface area contributed by atoms with Crippen molar-refractivity contribution in [2.24, 2.45) is 7.05 Å². The summed E-state index contributed by atoms with van der Waals surface area (Å²) < 4.78 is 33.4. The second-order valence-corrected chi connectivity index (χ2v) is 8.98. The smallest absolute Gasteiger partial charge is 0.290 e. The van der Waals surface area contributed by atoms with E-state index in [0.29, 0.717) is 18.6 Å². The van der Waals surface area contributed by atoms with Crippen molar-refractivity contribution in [2.45, 2.75) is 4.90 Å². The number of nitrogens with zero attached hydrogens (tertiary/aromatic N) is 3. The predicted molar refractivity (Wildman–Crippen MR) is 112 cm³/mol. The molecule has 1 fully saturated rings. The highest BCUT2D eigenvalue weighted by molar-refractivity contribution is 7.89. The van der Waals surface area contributed by atoms with Gasteiger partial charge in [-0.05, 0) is 12.1 Å². The molecule has 3 aromatic rings. The Labute approximate surface area is 182 Å². The van der Waals surface area contributed by atoms with E-state index in [4.69, 9.17) is 4.74 Å². The molecular weight excluding hydrogens is 440 g/mol. The van der Waals surface area contributed by atoms with E-state index in [0.717, 1.165) is 0 Å². The minimum atomic E-state index is -3.78. The molecule has 1 saturated heterocycles. The highest BCUT2D eigenvalue weighted by atomic mass is 32.2. The van der Waals surface area contributed by atoms with E-state index in [1.807, 2.05) is 0 Å². The number of fused-ring (bicyclic) bond motifs is 1. The van der Waals surface area contributed by atoms with Crippen LogP contribution in [-0.4, -0.2) is 65.6 Å². The number of amides is 2. The quantitative estimate of drug-likeness (QED) is 0.437. The van der Waals surface area contributed by atoms with Gasteiger partial charge in [0.2, 0.25) is 10.0 Å². The van der Waals surface area contributed by atoms with E-state index >= 15 is 0 Å². The number of benzene rings is 1. The molecule has 0 bridgehead atoms. The van der Waals surface area contributed by atoms with Crippen LogP contribution in [0.5, 0.6) is 0 Å². The molecule has 0 saturated carbocycles. The number of sulfonamides is 1. The molecule has 4 rings (SSSR count). The summed E-state index contributed by atoms with van der Waals surface area (Å²) in [6.07, 6.45) is 1.33. The fourth-order valence-corrected chi connectivity index (χ4v) is 4.84. The number of aromatic amines is 1. The van der Waals surface area contributed by atoms with Gasteiger partial charge in [-0.2, -0.15) is 9.40 Å². The number of nitrogens with one attached hydrogen (secondary N) is 3. The number of ether oxygens (including phenoxy) is 1. The SMILES string of the molecule is Cn1cc(S(=O)(=O)N2CCOCC2)cc1C(=O)NNC(=O)c1n[nH]c(=O)c2ccccc12. The molecule has 2 aromatic heterocycles. The highest BCUT2D eigenvalue weighted by Crippen LogP contribution is 2.19. The maximum atomic E-state index is 12.8. The molecule has 3 N–H and O–H groups in total. The number of carbonyl (C=O) groups is 2. The molecule has 0 atom stereocenters. The van der Waals surface area contributed by atoms with Gasteiger partial charge in [0.1, 0.15) is 10.6 Å². The molecule has 0 unspecified atom stereocenters. The van der Waals surface area contributed by atoms with Crippen LogP contribution < -0.4 is 16.4 Å². The summed E-state index contributed by atoms with van der Waals surface area (Å²) in [5.41, 5.74) is 3.98. The Morgan fingerprint density at radius 2 is 1.75 bits per heavy atom. The average molecular weight is 460 g/mol. The van der Waals surface area contributed by atoms with Crippen molar-refractivity contribution >= 4 is 32.6 Å². The molecule has 1 aliphatic rings. The fourth-order valence-electron chi connectivity index (χ4n) is 3.36. The van der Waals surface area contributed by atoms with E-state index < -0.39 is 27.4 Å². The summed E-state index contributed by atoms with van der Waals surface area (Å²) in [6.45, 7) is 1.07. The highest BCUT2D eigenvalue weighted by Gasteiger charge is 2.29. The van der Waals surface area contributed by atoms with Gasteiger partial charge in [-0.15, -0.1) is 0 Å². The summed E-state index contributed by atoms with van der Waals surface area (Å²) in [7, 11) is -2.26. The monoisotopic (exact) mass is 460 g/mol. The van der Waals surface area contributed by atoms with Gasteiger partial charge >= 0.3 is 0 Å². The van der Waals surface area contributed by atoms with Crippen LogP contribution in [0.2, 0.25) is 0 Å². The Hall–Kier alpha value is -3.55. The van der Waals surface area contributed by atoms with Crippen LogP contribution in [0.1, 0.15) is 21.0 Å². The first-order valence-electron chi connectivity index (χ1n) is 9.61. The molecule has 1 aliphatic heterocycles. The maximum absolute atomic E-state index is 12.8. The minimum absolute atomic E-state index is 0.0245. The first-order chi connectivity index (χ1) is 15.3. The van der Waals surface area contributed by atoms with Gasteiger partial charge in [0, 0.05) is 31.7 Å². The standard InChI is InChI=1S/C19H20N6O6S/c1-24-11-12(32(29,30)25-6-8-31-9-7-25)10-15(24)18(27)22-23-19(28)16-13-4-2-3-5-14(13)17(26)21-20-16/h2-5,10-11H,6-9H2,1H3,(H,21,26)(H,22,27)(H,23,28). The van der Waals surface area contributed by atoms with Crippen molar-refractivity contribution in [2.75, 3.05) is 26.3 Å². The minimum Gasteiger partial charge on any atom is -0.379 e. The van der Waals surface area contributed by atoms with E-state index in [1.165, 1.54) is 28.2 Å². The number of hydrogen-bond acceptors (Lipinski definition) is 7. The van der Waals surface area contributed by atoms with Gasteiger partial charge in [0.25, 0.3) is 17.4 Å². The molecule has 0 radical (unpaired) electrons. The lowest BCUT2D eigenvalue weighted by atomic mass is 10.1. The van der Waals surface area contributed by atoms with Crippen molar-refractivity contribution < 1.29 is 22.7 Å². The normalized spacial score (nSPS) is 14.9. The van der Waals surface area contributed by atoms with Crippen molar-refractivity contribution in [1.82, 2.24) is 29.9 Å². The van der Waals surface area contributed by atoms with Crippen LogP contribution in [0.15, 0.2) is 46.2 Å². The van der Waals surface area contributed by atoms with Crippen LogP contribution >= 0.6 is 0 Å². The van der Waals surface area contributed by atoms with Crippen molar-refractivity contribution in [3.63, 3.8) is 0 Å². The van der Waals surface area contributed by atoms with Gasteiger partial charge < -0.3 is 9.30 Å². The lowest BCUT2D eigenvalue weighted by molar-refractivity contribution is 0.0730. The van der Waals surface area contributed by atoms with Crippen molar-refractivity contribution in [3.8, 4) is 0 Å². The lowest BCUT2D eigenvalue weighted by Crippen LogP contribution is -2.43. The van der Waals surface area contributed by atoms with Gasteiger partial charge in [-0.1, -0.05) is 18.2 Å². The maximum Gasteiger partial charge on any atom is 0.290 e. The topological polar surface area (TPSA) is 155 Å². The largest absolute Gasteiger partial charge is 0.379 e. The Bertz CT molecular complexity index is 1360. The van der Waals surface area contributed by atoms with Gasteiger partial charge in [-0.25, -0.2) is 13.5 Å². The summed E-state index contributed by atoms with van der Waals surface area (Å²) in [6, 6.07) is 7.65. The summed E-state index contributed by atoms with van der Waals surface area (Å²) in [5.74, 6) is -1.47. The molecule has 13 heteroatoms. The number of morpholine rings is 1. The van der Waals surface area contributed by atoms with Crippen LogP contribution in [-0.2, 0) is 21.8 Å². The zero-order chi connectivity index (χ0) is 22.9. The number of carbonyl (C=O) groups excluding carboxylic acids is 2. The van der Waals surface area contributed by atoms with Crippen LogP contribution in [0, 0.1) is 0 Å². The first-order valence-corrected chi connectivity index (χ1v) is 11.1. The molecule has 12 nitrogen and oxygen atoms in total. The lowest BCUT2D eigenvalue weighted by Gasteiger charge is -2.25. The first kappa shape index (κ1) is 21.7. The zero-order valence-electron chi connectivity index (χ0n) is 17.0. The predicted octanol–water partition coefficient (Wildman–Crippen LogP) is -0.643. The van der Waals surface area contributed by atoms with E-state index in [1.54, 1.807) is 24.3 Å². The molecule has 32 heavy (non-hydrogen) atoms. The molecule has 2 amide bonds. The number of aryl methyl sites for hydroxylation is 1. The molecule has 0 aliphatic carbocycles. The van der Waals surface area contributed by atoms with Crippen molar-refractivity contribution in [3.05, 3.63) is 58.3 Å². The number of H-pyrrole nitrogens is 1. The van der Waals surface area contributed by atoms with Crippen LogP contribution in [0.4, 0.5) is 0 Å². The molecule has 0 spiro atoms. The molecule has 1 aromatic carbocycles. The molecule has 168 valence electrons. The second-order valence-electron chi connectivity index (χ2n) is 7.04. The Balaban J connectivity index is 1.50. The third-order valence-corrected chi connectivity index (χ3v) is 6.88. The second kappa shape index (κ2) is 8.53. The Morgan fingerprint density at radius 1 is 1.09 bits per heavy atom. The zero-order valence-corrected chi connectivity index (χ0v) is 17.8. The van der Waals surface area contributed by atoms with E-state index in [9.17, 15) is 22.8 Å². The number of hydrogen-bond donors (Lipinski definition) is 3.